The van der Waals surface area contributed by atoms with E-state index in [2.05, 4.69) is 18.8 Å². The van der Waals surface area contributed by atoms with E-state index in [1.807, 2.05) is 22.9 Å². The first-order chi connectivity index (χ1) is 8.00. The van der Waals surface area contributed by atoms with E-state index in [0.29, 0.717) is 20.7 Å². The van der Waals surface area contributed by atoms with Crippen molar-refractivity contribution in [2.45, 2.75) is 19.8 Å². The molecule has 0 aliphatic rings. The van der Waals surface area contributed by atoms with Gasteiger partial charge < -0.3 is 4.98 Å². The van der Waals surface area contributed by atoms with Crippen LogP contribution in [0.25, 0.3) is 5.69 Å². The van der Waals surface area contributed by atoms with Gasteiger partial charge in [0.2, 0.25) is 0 Å². The van der Waals surface area contributed by atoms with Gasteiger partial charge in [-0.2, -0.15) is 0 Å². The number of benzene rings is 1. The van der Waals surface area contributed by atoms with Crippen LogP contribution in [0.3, 0.4) is 0 Å². The molecule has 0 bridgehead atoms. The molecule has 17 heavy (non-hydrogen) atoms. The zero-order valence-electron chi connectivity index (χ0n) is 9.50. The van der Waals surface area contributed by atoms with Gasteiger partial charge in [-0.15, -0.1) is 0 Å². The number of nitrogens with zero attached hydrogens (tertiary/aromatic N) is 1. The minimum Gasteiger partial charge on any atom is -0.337 e. The molecule has 0 unspecified atom stereocenters. The molecular formula is C12H12Cl2N2S. The highest BCUT2D eigenvalue weighted by atomic mass is 35.5. The highest BCUT2D eigenvalue weighted by Gasteiger charge is 2.10. The molecule has 1 aromatic carbocycles. The van der Waals surface area contributed by atoms with Crippen LogP contribution in [0.15, 0.2) is 24.4 Å². The average Bonchev–Trinajstić information content (AvgIpc) is 2.64. The van der Waals surface area contributed by atoms with E-state index in [1.54, 1.807) is 6.07 Å². The molecule has 1 N–H and O–H groups in total. The van der Waals surface area contributed by atoms with Gasteiger partial charge in [0.1, 0.15) is 0 Å². The summed E-state index contributed by atoms with van der Waals surface area (Å²) in [6.07, 6.45) is 1.93. The maximum absolute atomic E-state index is 6.03. The van der Waals surface area contributed by atoms with E-state index in [4.69, 9.17) is 35.4 Å². The van der Waals surface area contributed by atoms with Crippen molar-refractivity contribution in [3.8, 4) is 5.69 Å². The fourth-order valence-electron chi connectivity index (χ4n) is 1.70. The number of hydrogen-bond donors (Lipinski definition) is 1. The number of rotatable bonds is 2. The van der Waals surface area contributed by atoms with Crippen LogP contribution < -0.4 is 0 Å². The maximum Gasteiger partial charge on any atom is 0.182 e. The largest absolute Gasteiger partial charge is 0.337 e. The Hall–Kier alpha value is -0.770. The van der Waals surface area contributed by atoms with Crippen molar-refractivity contribution in [3.63, 3.8) is 0 Å². The summed E-state index contributed by atoms with van der Waals surface area (Å²) in [5.74, 6) is 0.373. The van der Waals surface area contributed by atoms with Gasteiger partial charge in [-0.25, -0.2) is 0 Å². The Kier molecular flexibility index (Phi) is 3.61. The Morgan fingerprint density at radius 3 is 2.53 bits per heavy atom. The number of H-pyrrole nitrogens is 1. The Balaban J connectivity index is 2.63. The minimum absolute atomic E-state index is 0.373. The molecule has 0 atom stereocenters. The van der Waals surface area contributed by atoms with E-state index < -0.39 is 0 Å². The van der Waals surface area contributed by atoms with Crippen LogP contribution in [-0.4, -0.2) is 9.55 Å². The summed E-state index contributed by atoms with van der Waals surface area (Å²) in [6.45, 7) is 4.23. The van der Waals surface area contributed by atoms with Gasteiger partial charge in [-0.05, 0) is 36.3 Å². The van der Waals surface area contributed by atoms with Gasteiger partial charge in [0.05, 0.1) is 10.0 Å². The molecule has 90 valence electrons. The average molecular weight is 287 g/mol. The van der Waals surface area contributed by atoms with E-state index in [-0.39, 0.29) is 0 Å². The van der Waals surface area contributed by atoms with Crippen LogP contribution in [-0.2, 0) is 0 Å². The predicted octanol–water partition coefficient (Wildman–Crippen LogP) is 4.97. The summed E-state index contributed by atoms with van der Waals surface area (Å²) in [4.78, 5) is 3.05. The van der Waals surface area contributed by atoms with E-state index >= 15 is 0 Å². The van der Waals surface area contributed by atoms with Gasteiger partial charge in [-0.1, -0.05) is 37.0 Å². The van der Waals surface area contributed by atoms with Crippen LogP contribution in [0.5, 0.6) is 0 Å². The second-order valence-corrected chi connectivity index (χ2v) is 5.31. The highest BCUT2D eigenvalue weighted by molar-refractivity contribution is 7.71. The van der Waals surface area contributed by atoms with Gasteiger partial charge in [0.15, 0.2) is 4.77 Å². The predicted molar refractivity (Wildman–Crippen MR) is 75.1 cm³/mol. The Bertz CT molecular complexity index is 599. The van der Waals surface area contributed by atoms with Crippen molar-refractivity contribution in [2.24, 2.45) is 0 Å². The fraction of sp³-hybridized carbons (Fsp3) is 0.250. The van der Waals surface area contributed by atoms with Gasteiger partial charge in [-0.3, -0.25) is 4.57 Å². The molecule has 0 radical (unpaired) electrons. The summed E-state index contributed by atoms with van der Waals surface area (Å²) in [7, 11) is 0. The number of aromatic amines is 1. The molecule has 0 saturated carbocycles. The van der Waals surface area contributed by atoms with Crippen LogP contribution in [0.4, 0.5) is 0 Å². The molecule has 2 rings (SSSR count). The van der Waals surface area contributed by atoms with Gasteiger partial charge in [0, 0.05) is 17.6 Å². The van der Waals surface area contributed by atoms with Crippen LogP contribution >= 0.6 is 35.4 Å². The van der Waals surface area contributed by atoms with Crippen molar-refractivity contribution in [3.05, 3.63) is 44.9 Å². The van der Waals surface area contributed by atoms with Gasteiger partial charge >= 0.3 is 0 Å². The van der Waals surface area contributed by atoms with E-state index in [9.17, 15) is 0 Å². The number of aromatic nitrogens is 2. The van der Waals surface area contributed by atoms with Crippen molar-refractivity contribution in [1.82, 2.24) is 9.55 Å². The normalized spacial score (nSPS) is 11.1. The molecule has 0 aliphatic carbocycles. The quantitative estimate of drug-likeness (QED) is 0.774. The number of halogens is 2. The second kappa shape index (κ2) is 4.84. The molecule has 0 amide bonds. The molecular weight excluding hydrogens is 275 g/mol. The number of nitrogens with one attached hydrogen (secondary N) is 1. The lowest BCUT2D eigenvalue weighted by Crippen LogP contribution is -2.01. The first kappa shape index (κ1) is 12.7. The standard InChI is InChI=1S/C12H12Cl2N2S/c1-7(2)11-6-15-12(17)16(11)8-3-4-9(13)10(14)5-8/h3-7H,1-2H3,(H,15,17). The lowest BCUT2D eigenvalue weighted by atomic mass is 10.1. The Morgan fingerprint density at radius 1 is 1.24 bits per heavy atom. The van der Waals surface area contributed by atoms with E-state index in [1.165, 1.54) is 0 Å². The molecule has 1 aromatic heterocycles. The monoisotopic (exact) mass is 286 g/mol. The topological polar surface area (TPSA) is 20.7 Å². The van der Waals surface area contributed by atoms with Crippen LogP contribution in [0, 0.1) is 4.77 Å². The SMILES string of the molecule is CC(C)c1c[nH]c(=S)n1-c1ccc(Cl)c(Cl)c1. The van der Waals surface area contributed by atoms with Crippen LogP contribution in [0.2, 0.25) is 10.0 Å². The third-order valence-corrected chi connectivity index (χ3v) is 3.60. The number of hydrogen-bond acceptors (Lipinski definition) is 1. The highest BCUT2D eigenvalue weighted by Crippen LogP contribution is 2.27. The Labute approximate surface area is 115 Å². The molecule has 0 saturated heterocycles. The molecule has 2 aromatic rings. The van der Waals surface area contributed by atoms with Gasteiger partial charge in [0.25, 0.3) is 0 Å². The van der Waals surface area contributed by atoms with Crippen molar-refractivity contribution in [1.29, 1.82) is 0 Å². The molecule has 1 heterocycles. The molecule has 2 nitrogen and oxygen atoms in total. The summed E-state index contributed by atoms with van der Waals surface area (Å²) in [5.41, 5.74) is 2.04. The summed E-state index contributed by atoms with van der Waals surface area (Å²) < 4.78 is 2.63. The fourth-order valence-corrected chi connectivity index (χ4v) is 2.26. The molecule has 0 fully saturated rings. The lowest BCUT2D eigenvalue weighted by Gasteiger charge is -2.11. The lowest BCUT2D eigenvalue weighted by molar-refractivity contribution is 0.783. The van der Waals surface area contributed by atoms with Crippen molar-refractivity contribution < 1.29 is 0 Å². The smallest absolute Gasteiger partial charge is 0.182 e. The van der Waals surface area contributed by atoms with Crippen molar-refractivity contribution in [2.75, 3.05) is 0 Å². The molecule has 5 heteroatoms. The minimum atomic E-state index is 0.373. The zero-order chi connectivity index (χ0) is 12.6. The second-order valence-electron chi connectivity index (χ2n) is 4.11. The zero-order valence-corrected chi connectivity index (χ0v) is 11.8. The third-order valence-electron chi connectivity index (χ3n) is 2.56. The summed E-state index contributed by atoms with van der Waals surface area (Å²) in [6, 6.07) is 5.50. The molecule has 0 spiro atoms. The van der Waals surface area contributed by atoms with Crippen molar-refractivity contribution >= 4 is 35.4 Å². The van der Waals surface area contributed by atoms with E-state index in [0.717, 1.165) is 11.4 Å². The van der Waals surface area contributed by atoms with Crippen LogP contribution in [0.1, 0.15) is 25.5 Å². The summed E-state index contributed by atoms with van der Waals surface area (Å²) >= 11 is 17.2. The number of imidazole rings is 1. The first-order valence-corrected chi connectivity index (χ1v) is 6.43. The summed E-state index contributed by atoms with van der Waals surface area (Å²) in [5, 5.41) is 1.07. The Morgan fingerprint density at radius 2 is 1.94 bits per heavy atom. The molecule has 0 aliphatic heterocycles. The maximum atomic E-state index is 6.03. The first-order valence-electron chi connectivity index (χ1n) is 5.26. The third kappa shape index (κ3) is 2.41.